The Bertz CT molecular complexity index is 277. The second-order valence-corrected chi connectivity index (χ2v) is 5.77. The Morgan fingerprint density at radius 3 is 2.65 bits per heavy atom. The van der Waals surface area contributed by atoms with Crippen molar-refractivity contribution in [2.75, 3.05) is 6.54 Å². The van der Waals surface area contributed by atoms with Crippen LogP contribution >= 0.6 is 12.4 Å². The Morgan fingerprint density at radius 1 is 1.29 bits per heavy atom. The average Bonchev–Trinajstić information content (AvgIpc) is 2.66. The van der Waals surface area contributed by atoms with Crippen LogP contribution < -0.4 is 5.32 Å². The highest BCUT2D eigenvalue weighted by atomic mass is 35.5. The fraction of sp³-hybridized carbons (Fsp3) is 0.917. The quantitative estimate of drug-likeness (QED) is 0.739. The van der Waals surface area contributed by atoms with Crippen molar-refractivity contribution >= 4 is 18.6 Å². The zero-order chi connectivity index (χ0) is 11.8. The van der Waals surface area contributed by atoms with Crippen LogP contribution in [-0.4, -0.2) is 24.5 Å². The summed E-state index contributed by atoms with van der Waals surface area (Å²) in [6.45, 7) is 6.50. The van der Waals surface area contributed by atoms with Gasteiger partial charge in [0.15, 0.2) is 6.23 Å². The average molecular weight is 264 g/mol. The Balaban J connectivity index is 0.00000144. The van der Waals surface area contributed by atoms with E-state index in [2.05, 4.69) is 5.32 Å². The minimum absolute atomic E-state index is 0. The van der Waals surface area contributed by atoms with E-state index in [9.17, 15) is 4.79 Å². The summed E-state index contributed by atoms with van der Waals surface area (Å²) < 4.78 is 10.5. The summed E-state index contributed by atoms with van der Waals surface area (Å²) in [5.41, 5.74) is -0.481. The molecule has 4 nitrogen and oxygen atoms in total. The molecule has 0 amide bonds. The van der Waals surface area contributed by atoms with E-state index in [0.29, 0.717) is 11.8 Å². The van der Waals surface area contributed by atoms with Crippen LogP contribution in [0.5, 0.6) is 0 Å². The lowest BCUT2D eigenvalue weighted by Crippen LogP contribution is -2.35. The second kappa shape index (κ2) is 5.44. The molecule has 100 valence electrons. The predicted octanol–water partition coefficient (Wildman–Crippen LogP) is 2.71. The molecule has 0 aromatic carbocycles. The van der Waals surface area contributed by atoms with E-state index < -0.39 is 11.8 Å². The highest BCUT2D eigenvalue weighted by Crippen LogP contribution is 2.38. The van der Waals surface area contributed by atoms with Crippen molar-refractivity contribution in [2.45, 2.75) is 51.9 Å². The first kappa shape index (κ1) is 14.6. The number of halogens is 1. The molecular weight excluding hydrogens is 242 g/mol. The minimum Gasteiger partial charge on any atom is -0.429 e. The summed E-state index contributed by atoms with van der Waals surface area (Å²) in [6.07, 6.45) is 2.97. The number of fused-ring (bicyclic) bond motifs is 1. The van der Waals surface area contributed by atoms with Crippen molar-refractivity contribution in [3.8, 4) is 0 Å². The molecule has 1 aliphatic carbocycles. The maximum atomic E-state index is 11.5. The Hall–Kier alpha value is -0.480. The molecule has 2 aliphatic rings. The fourth-order valence-corrected chi connectivity index (χ4v) is 2.64. The molecule has 1 aliphatic heterocycles. The minimum atomic E-state index is -0.558. The summed E-state index contributed by atoms with van der Waals surface area (Å²) in [5, 5.41) is 3.25. The highest BCUT2D eigenvalue weighted by Gasteiger charge is 2.41. The predicted molar refractivity (Wildman–Crippen MR) is 67.2 cm³/mol. The van der Waals surface area contributed by atoms with Gasteiger partial charge in [0.05, 0.1) is 0 Å². The number of ether oxygens (including phenoxy) is 2. The van der Waals surface area contributed by atoms with Gasteiger partial charge in [-0.1, -0.05) is 6.42 Å². The number of carbonyl (C=O) groups is 1. The van der Waals surface area contributed by atoms with Crippen molar-refractivity contribution < 1.29 is 14.3 Å². The van der Waals surface area contributed by atoms with Crippen molar-refractivity contribution in [3.05, 3.63) is 0 Å². The number of hydrogen-bond donors (Lipinski definition) is 1. The first-order valence-corrected chi connectivity index (χ1v) is 6.09. The molecule has 0 aromatic rings. The molecule has 1 saturated heterocycles. The molecule has 1 N–H and O–H groups in total. The third-order valence-electron chi connectivity index (χ3n) is 3.30. The third kappa shape index (κ3) is 3.75. The van der Waals surface area contributed by atoms with Crippen LogP contribution in [-0.2, 0) is 9.47 Å². The zero-order valence-electron chi connectivity index (χ0n) is 10.7. The van der Waals surface area contributed by atoms with Crippen LogP contribution in [0.25, 0.3) is 0 Å². The molecule has 0 aromatic heterocycles. The van der Waals surface area contributed by atoms with Gasteiger partial charge in [-0.05, 0) is 39.5 Å². The molecule has 17 heavy (non-hydrogen) atoms. The van der Waals surface area contributed by atoms with E-state index >= 15 is 0 Å². The molecular formula is C12H22ClNO3. The van der Waals surface area contributed by atoms with Crippen LogP contribution in [0.15, 0.2) is 0 Å². The molecule has 2 unspecified atom stereocenters. The monoisotopic (exact) mass is 263 g/mol. The number of hydrogen-bond acceptors (Lipinski definition) is 4. The first-order valence-electron chi connectivity index (χ1n) is 6.09. The van der Waals surface area contributed by atoms with Crippen LogP contribution in [0.4, 0.5) is 4.79 Å². The lowest BCUT2D eigenvalue weighted by Gasteiger charge is -2.23. The van der Waals surface area contributed by atoms with Crippen molar-refractivity contribution in [2.24, 2.45) is 11.8 Å². The van der Waals surface area contributed by atoms with Gasteiger partial charge in [-0.15, -0.1) is 12.4 Å². The van der Waals surface area contributed by atoms with E-state index in [0.717, 1.165) is 13.0 Å². The molecule has 0 spiro atoms. The van der Waals surface area contributed by atoms with E-state index in [-0.39, 0.29) is 18.6 Å². The fourth-order valence-electron chi connectivity index (χ4n) is 2.64. The van der Waals surface area contributed by atoms with Gasteiger partial charge in [-0.25, -0.2) is 4.79 Å². The first-order chi connectivity index (χ1) is 7.46. The van der Waals surface area contributed by atoms with Crippen molar-refractivity contribution in [3.63, 3.8) is 0 Å². The van der Waals surface area contributed by atoms with Gasteiger partial charge in [0, 0.05) is 12.5 Å². The largest absolute Gasteiger partial charge is 0.510 e. The maximum Gasteiger partial charge on any atom is 0.510 e. The van der Waals surface area contributed by atoms with E-state index in [1.807, 2.05) is 20.8 Å². The van der Waals surface area contributed by atoms with Gasteiger partial charge >= 0.3 is 6.16 Å². The standard InChI is InChI=1S/C12H21NO3.ClH/c1-12(2,3)16-11(14)15-10-9-6-4-5-8(9)7-13-10;/h8-10,13H,4-7H2,1-3H3;1H/t8?,9?,10-;/m0./s1. The molecule has 2 fully saturated rings. The molecule has 0 radical (unpaired) electrons. The molecule has 2 rings (SSSR count). The SMILES string of the molecule is CC(C)(C)OC(=O)O[C@@H]1NCC2CCCC21.Cl. The smallest absolute Gasteiger partial charge is 0.429 e. The lowest BCUT2D eigenvalue weighted by atomic mass is 9.99. The van der Waals surface area contributed by atoms with Gasteiger partial charge in [0.25, 0.3) is 0 Å². The summed E-state index contributed by atoms with van der Waals surface area (Å²) in [5.74, 6) is 1.18. The number of nitrogens with one attached hydrogen (secondary N) is 1. The Morgan fingerprint density at radius 2 is 2.00 bits per heavy atom. The second-order valence-electron chi connectivity index (χ2n) is 5.77. The van der Waals surface area contributed by atoms with Crippen molar-refractivity contribution in [1.29, 1.82) is 0 Å². The van der Waals surface area contributed by atoms with E-state index in [4.69, 9.17) is 9.47 Å². The molecule has 0 bridgehead atoms. The molecule has 1 heterocycles. The van der Waals surface area contributed by atoms with Crippen LogP contribution in [0.1, 0.15) is 40.0 Å². The van der Waals surface area contributed by atoms with Crippen LogP contribution in [0.2, 0.25) is 0 Å². The topological polar surface area (TPSA) is 47.6 Å². The summed E-state index contributed by atoms with van der Waals surface area (Å²) in [7, 11) is 0. The lowest BCUT2D eigenvalue weighted by molar-refractivity contribution is -0.0402. The van der Waals surface area contributed by atoms with Crippen LogP contribution in [0, 0.1) is 11.8 Å². The maximum absolute atomic E-state index is 11.5. The zero-order valence-corrected chi connectivity index (χ0v) is 11.5. The number of carbonyl (C=O) groups excluding carboxylic acids is 1. The van der Waals surface area contributed by atoms with Gasteiger partial charge in [0.2, 0.25) is 0 Å². The normalized spacial score (nSPS) is 31.6. The summed E-state index contributed by atoms with van der Waals surface area (Å²) in [6, 6.07) is 0. The van der Waals surface area contributed by atoms with Gasteiger partial charge in [-0.2, -0.15) is 0 Å². The van der Waals surface area contributed by atoms with Gasteiger partial charge in [-0.3, -0.25) is 5.32 Å². The number of rotatable bonds is 1. The van der Waals surface area contributed by atoms with Crippen LogP contribution in [0.3, 0.4) is 0 Å². The summed E-state index contributed by atoms with van der Waals surface area (Å²) in [4.78, 5) is 11.5. The molecule has 1 saturated carbocycles. The summed E-state index contributed by atoms with van der Waals surface area (Å²) >= 11 is 0. The molecule has 3 atom stereocenters. The Kier molecular flexibility index (Phi) is 4.67. The van der Waals surface area contributed by atoms with Gasteiger partial charge < -0.3 is 9.47 Å². The van der Waals surface area contributed by atoms with Crippen molar-refractivity contribution in [1.82, 2.24) is 5.32 Å². The van der Waals surface area contributed by atoms with E-state index in [1.165, 1.54) is 12.8 Å². The Labute approximate surface area is 109 Å². The third-order valence-corrected chi connectivity index (χ3v) is 3.30. The highest BCUT2D eigenvalue weighted by molar-refractivity contribution is 5.85. The van der Waals surface area contributed by atoms with E-state index in [1.54, 1.807) is 0 Å². The van der Waals surface area contributed by atoms with Gasteiger partial charge in [0.1, 0.15) is 5.60 Å². The molecule has 5 heteroatoms.